The SMILES string of the molecule is CCCN(C(=O)N[C@@H](CC(=O)OC)C(=O)O)C1CC1. The van der Waals surface area contributed by atoms with E-state index in [1.165, 1.54) is 7.11 Å². The summed E-state index contributed by atoms with van der Waals surface area (Å²) in [5, 5.41) is 11.4. The molecule has 0 aromatic heterocycles. The van der Waals surface area contributed by atoms with E-state index in [4.69, 9.17) is 5.11 Å². The van der Waals surface area contributed by atoms with Crippen LogP contribution < -0.4 is 5.32 Å². The van der Waals surface area contributed by atoms with Gasteiger partial charge in [0.2, 0.25) is 0 Å². The highest BCUT2D eigenvalue weighted by Gasteiger charge is 2.34. The molecule has 19 heavy (non-hydrogen) atoms. The van der Waals surface area contributed by atoms with Gasteiger partial charge in [-0.25, -0.2) is 9.59 Å². The molecule has 0 aromatic carbocycles. The molecule has 7 nitrogen and oxygen atoms in total. The van der Waals surface area contributed by atoms with Crippen LogP contribution >= 0.6 is 0 Å². The summed E-state index contributed by atoms with van der Waals surface area (Å²) < 4.78 is 4.41. The third-order valence-electron chi connectivity index (χ3n) is 2.91. The average Bonchev–Trinajstić information content (AvgIpc) is 3.18. The van der Waals surface area contributed by atoms with Crippen molar-refractivity contribution in [2.45, 2.75) is 44.7 Å². The molecule has 0 unspecified atom stereocenters. The maximum absolute atomic E-state index is 12.0. The summed E-state index contributed by atoms with van der Waals surface area (Å²) in [5.41, 5.74) is 0. The van der Waals surface area contributed by atoms with E-state index in [0.717, 1.165) is 19.3 Å². The summed E-state index contributed by atoms with van der Waals surface area (Å²) in [6, 6.07) is -1.48. The summed E-state index contributed by atoms with van der Waals surface area (Å²) in [6.45, 7) is 2.53. The summed E-state index contributed by atoms with van der Waals surface area (Å²) in [7, 11) is 1.18. The number of carbonyl (C=O) groups excluding carboxylic acids is 2. The zero-order chi connectivity index (χ0) is 14.4. The number of carbonyl (C=O) groups is 3. The number of esters is 1. The number of urea groups is 1. The Kier molecular flexibility index (Phi) is 5.59. The molecule has 0 aromatic rings. The highest BCUT2D eigenvalue weighted by atomic mass is 16.5. The highest BCUT2D eigenvalue weighted by molar-refractivity contribution is 5.86. The van der Waals surface area contributed by atoms with E-state index >= 15 is 0 Å². The fourth-order valence-corrected chi connectivity index (χ4v) is 1.76. The van der Waals surface area contributed by atoms with Crippen molar-refractivity contribution >= 4 is 18.0 Å². The second-order valence-corrected chi connectivity index (χ2v) is 4.55. The van der Waals surface area contributed by atoms with Crippen LogP contribution in [0, 0.1) is 0 Å². The molecular formula is C12H20N2O5. The van der Waals surface area contributed by atoms with Gasteiger partial charge < -0.3 is 20.1 Å². The van der Waals surface area contributed by atoms with Gasteiger partial charge >= 0.3 is 18.0 Å². The van der Waals surface area contributed by atoms with Crippen LogP contribution in [0.5, 0.6) is 0 Å². The van der Waals surface area contributed by atoms with E-state index in [0.29, 0.717) is 6.54 Å². The van der Waals surface area contributed by atoms with E-state index in [-0.39, 0.29) is 12.5 Å². The first-order valence-electron chi connectivity index (χ1n) is 6.36. The minimum Gasteiger partial charge on any atom is -0.480 e. The lowest BCUT2D eigenvalue weighted by molar-refractivity contribution is -0.147. The van der Waals surface area contributed by atoms with Gasteiger partial charge in [-0.15, -0.1) is 0 Å². The third kappa shape index (κ3) is 4.76. The van der Waals surface area contributed by atoms with Crippen molar-refractivity contribution in [3.63, 3.8) is 0 Å². The van der Waals surface area contributed by atoms with Crippen LogP contribution in [0.1, 0.15) is 32.6 Å². The third-order valence-corrected chi connectivity index (χ3v) is 2.91. The van der Waals surface area contributed by atoms with Crippen molar-refractivity contribution in [3.8, 4) is 0 Å². The van der Waals surface area contributed by atoms with Gasteiger partial charge in [-0.1, -0.05) is 6.92 Å². The number of carboxylic acids is 1. The molecule has 1 saturated carbocycles. The lowest BCUT2D eigenvalue weighted by Crippen LogP contribution is -2.49. The van der Waals surface area contributed by atoms with Crippen molar-refractivity contribution < 1.29 is 24.2 Å². The van der Waals surface area contributed by atoms with Crippen molar-refractivity contribution in [3.05, 3.63) is 0 Å². The molecule has 2 amide bonds. The van der Waals surface area contributed by atoms with Crippen LogP contribution in [-0.4, -0.2) is 53.7 Å². The second-order valence-electron chi connectivity index (χ2n) is 4.55. The number of carboxylic acid groups (broad SMARTS) is 1. The van der Waals surface area contributed by atoms with E-state index < -0.39 is 24.0 Å². The Labute approximate surface area is 111 Å². The predicted octanol–water partition coefficient (Wildman–Crippen LogP) is 0.587. The van der Waals surface area contributed by atoms with E-state index in [1.807, 2.05) is 6.92 Å². The monoisotopic (exact) mass is 272 g/mol. The van der Waals surface area contributed by atoms with Crippen LogP contribution in [0.2, 0.25) is 0 Å². The maximum Gasteiger partial charge on any atom is 0.326 e. The fourth-order valence-electron chi connectivity index (χ4n) is 1.76. The molecule has 1 aliphatic carbocycles. The second kappa shape index (κ2) is 6.96. The Hall–Kier alpha value is -1.79. The number of hydrogen-bond acceptors (Lipinski definition) is 4. The maximum atomic E-state index is 12.0. The molecule has 1 fully saturated rings. The molecule has 2 N–H and O–H groups in total. The predicted molar refractivity (Wildman–Crippen MR) is 66.6 cm³/mol. The highest BCUT2D eigenvalue weighted by Crippen LogP contribution is 2.26. The summed E-state index contributed by atoms with van der Waals surface area (Å²) in [5.74, 6) is -1.91. The molecular weight excluding hydrogens is 252 g/mol. The number of amides is 2. The largest absolute Gasteiger partial charge is 0.480 e. The standard InChI is InChI=1S/C12H20N2O5/c1-3-6-14(8-4-5-8)12(18)13-9(11(16)17)7-10(15)19-2/h8-9H,3-7H2,1-2H3,(H,13,18)(H,16,17)/t9-/m0/s1. The number of rotatable bonds is 7. The van der Waals surface area contributed by atoms with Crippen LogP contribution in [0.25, 0.3) is 0 Å². The Bertz CT molecular complexity index is 354. The van der Waals surface area contributed by atoms with Gasteiger partial charge in [0.25, 0.3) is 0 Å². The molecule has 0 bridgehead atoms. The first-order chi connectivity index (χ1) is 8.99. The Morgan fingerprint density at radius 3 is 2.47 bits per heavy atom. The number of nitrogens with zero attached hydrogens (tertiary/aromatic N) is 1. The number of aliphatic carboxylic acids is 1. The minimum atomic E-state index is -1.25. The van der Waals surface area contributed by atoms with E-state index in [1.54, 1.807) is 4.90 Å². The molecule has 0 aliphatic heterocycles. The van der Waals surface area contributed by atoms with Crippen molar-refractivity contribution in [1.82, 2.24) is 10.2 Å². The number of methoxy groups -OCH3 is 1. The van der Waals surface area contributed by atoms with Gasteiger partial charge in [0.15, 0.2) is 0 Å². The number of nitrogens with one attached hydrogen (secondary N) is 1. The van der Waals surface area contributed by atoms with Gasteiger partial charge in [-0.05, 0) is 19.3 Å². The van der Waals surface area contributed by atoms with Crippen LogP contribution in [0.3, 0.4) is 0 Å². The molecule has 1 atom stereocenters. The van der Waals surface area contributed by atoms with Gasteiger partial charge in [-0.3, -0.25) is 4.79 Å². The topological polar surface area (TPSA) is 95.9 Å². The first-order valence-corrected chi connectivity index (χ1v) is 6.36. The number of ether oxygens (including phenoxy) is 1. The molecule has 0 heterocycles. The van der Waals surface area contributed by atoms with Crippen molar-refractivity contribution in [1.29, 1.82) is 0 Å². The van der Waals surface area contributed by atoms with E-state index in [9.17, 15) is 14.4 Å². The molecule has 0 spiro atoms. The molecule has 108 valence electrons. The molecule has 0 radical (unpaired) electrons. The average molecular weight is 272 g/mol. The van der Waals surface area contributed by atoms with Crippen LogP contribution in [-0.2, 0) is 14.3 Å². The fraction of sp³-hybridized carbons (Fsp3) is 0.750. The first kappa shape index (κ1) is 15.3. The zero-order valence-electron chi connectivity index (χ0n) is 11.2. The van der Waals surface area contributed by atoms with Crippen LogP contribution in [0.15, 0.2) is 0 Å². The smallest absolute Gasteiger partial charge is 0.326 e. The van der Waals surface area contributed by atoms with Gasteiger partial charge in [-0.2, -0.15) is 0 Å². The molecule has 1 rings (SSSR count). The lowest BCUT2D eigenvalue weighted by Gasteiger charge is -2.24. The van der Waals surface area contributed by atoms with E-state index in [2.05, 4.69) is 10.1 Å². The Morgan fingerprint density at radius 2 is 2.05 bits per heavy atom. The van der Waals surface area contributed by atoms with Crippen LogP contribution in [0.4, 0.5) is 4.79 Å². The van der Waals surface area contributed by atoms with Crippen molar-refractivity contribution in [2.75, 3.05) is 13.7 Å². The lowest BCUT2D eigenvalue weighted by atomic mass is 10.2. The number of hydrogen-bond donors (Lipinski definition) is 2. The van der Waals surface area contributed by atoms with Gasteiger partial charge in [0.1, 0.15) is 6.04 Å². The van der Waals surface area contributed by atoms with Crippen molar-refractivity contribution in [2.24, 2.45) is 0 Å². The van der Waals surface area contributed by atoms with Gasteiger partial charge in [0.05, 0.1) is 13.5 Å². The zero-order valence-corrected chi connectivity index (χ0v) is 11.2. The molecule has 1 aliphatic rings. The quantitative estimate of drug-likeness (QED) is 0.661. The van der Waals surface area contributed by atoms with Gasteiger partial charge in [0, 0.05) is 12.6 Å². The summed E-state index contributed by atoms with van der Waals surface area (Å²) in [4.78, 5) is 35.7. The summed E-state index contributed by atoms with van der Waals surface area (Å²) in [6.07, 6.45) is 2.32. The summed E-state index contributed by atoms with van der Waals surface area (Å²) >= 11 is 0. The minimum absolute atomic E-state index is 0.201. The molecule has 0 saturated heterocycles. The Balaban J connectivity index is 2.58. The Morgan fingerprint density at radius 1 is 1.42 bits per heavy atom. The molecule has 7 heteroatoms. The normalized spacial score (nSPS) is 15.5.